The van der Waals surface area contributed by atoms with Crippen LogP contribution in [0.3, 0.4) is 0 Å². The Hall–Kier alpha value is -1.12. The Balaban J connectivity index is 2.17. The summed E-state index contributed by atoms with van der Waals surface area (Å²) in [6.07, 6.45) is 11.6. The Labute approximate surface area is 117 Å². The van der Waals surface area contributed by atoms with Crippen molar-refractivity contribution >= 4 is 5.82 Å². The second-order valence-corrected chi connectivity index (χ2v) is 5.64. The van der Waals surface area contributed by atoms with Crippen LogP contribution < -0.4 is 5.32 Å². The van der Waals surface area contributed by atoms with Crippen LogP contribution in [0.4, 0.5) is 5.82 Å². The zero-order chi connectivity index (χ0) is 13.5. The van der Waals surface area contributed by atoms with E-state index in [4.69, 9.17) is 9.97 Å². The maximum absolute atomic E-state index is 4.82. The van der Waals surface area contributed by atoms with Gasteiger partial charge < -0.3 is 5.32 Å². The van der Waals surface area contributed by atoms with Crippen LogP contribution in [0.25, 0.3) is 0 Å². The summed E-state index contributed by atoms with van der Waals surface area (Å²) in [6, 6.07) is 2.09. The van der Waals surface area contributed by atoms with Gasteiger partial charge in [0.05, 0.1) is 0 Å². The second-order valence-electron chi connectivity index (χ2n) is 5.64. The number of anilines is 1. The minimum Gasteiger partial charge on any atom is -0.373 e. The maximum Gasteiger partial charge on any atom is 0.134 e. The molecule has 0 aromatic carbocycles. The largest absolute Gasteiger partial charge is 0.373 e. The van der Waals surface area contributed by atoms with Crippen LogP contribution in [0.1, 0.15) is 75.7 Å². The van der Waals surface area contributed by atoms with E-state index >= 15 is 0 Å². The molecule has 0 spiro atoms. The lowest BCUT2D eigenvalue weighted by atomic mass is 9.90. The Bertz CT molecular complexity index is 382. The molecule has 0 saturated heterocycles. The molecule has 106 valence electrons. The number of aromatic nitrogens is 2. The minimum atomic E-state index is 0.573. The lowest BCUT2D eigenvalue weighted by Crippen LogP contribution is -2.10. The first-order chi connectivity index (χ1) is 9.33. The summed E-state index contributed by atoms with van der Waals surface area (Å²) in [7, 11) is 1.94. The van der Waals surface area contributed by atoms with Gasteiger partial charge in [0.25, 0.3) is 0 Å². The molecule has 1 aromatic heterocycles. The molecule has 1 N–H and O–H groups in total. The fraction of sp³-hybridized carbons (Fsp3) is 0.750. The first kappa shape index (κ1) is 14.3. The molecule has 3 nitrogen and oxygen atoms in total. The Morgan fingerprint density at radius 1 is 1.11 bits per heavy atom. The van der Waals surface area contributed by atoms with Crippen LogP contribution in [-0.4, -0.2) is 17.0 Å². The van der Waals surface area contributed by atoms with E-state index in [2.05, 4.69) is 18.3 Å². The maximum atomic E-state index is 4.82. The van der Waals surface area contributed by atoms with Gasteiger partial charge in [0.15, 0.2) is 0 Å². The Kier molecular flexibility index (Phi) is 5.62. The molecule has 0 amide bonds. The lowest BCUT2D eigenvalue weighted by molar-refractivity contribution is 0.441. The first-order valence-corrected chi connectivity index (χ1v) is 7.89. The fourth-order valence-corrected chi connectivity index (χ4v) is 2.93. The van der Waals surface area contributed by atoms with Crippen LogP contribution in [-0.2, 0) is 6.42 Å². The average Bonchev–Trinajstić information content (AvgIpc) is 2.38. The Morgan fingerprint density at radius 3 is 2.42 bits per heavy atom. The van der Waals surface area contributed by atoms with E-state index in [0.717, 1.165) is 24.5 Å². The fourth-order valence-electron chi connectivity index (χ4n) is 2.93. The van der Waals surface area contributed by atoms with Gasteiger partial charge in [-0.15, -0.1) is 0 Å². The highest BCUT2D eigenvalue weighted by molar-refractivity contribution is 5.35. The van der Waals surface area contributed by atoms with Crippen molar-refractivity contribution in [2.45, 2.75) is 70.6 Å². The molecule has 0 atom stereocenters. The van der Waals surface area contributed by atoms with Crippen molar-refractivity contribution in [2.75, 3.05) is 12.4 Å². The molecule has 0 aliphatic heterocycles. The SMILES string of the molecule is CCCc1cc(NC)nc(C2CCCCCCC2)n1. The van der Waals surface area contributed by atoms with Gasteiger partial charge >= 0.3 is 0 Å². The number of hydrogen-bond donors (Lipinski definition) is 1. The van der Waals surface area contributed by atoms with E-state index in [9.17, 15) is 0 Å². The summed E-state index contributed by atoms with van der Waals surface area (Å²) in [5, 5.41) is 3.18. The molecule has 1 aromatic rings. The van der Waals surface area contributed by atoms with Crippen molar-refractivity contribution < 1.29 is 0 Å². The van der Waals surface area contributed by atoms with Crippen LogP contribution in [0, 0.1) is 0 Å². The molecule has 1 saturated carbocycles. The van der Waals surface area contributed by atoms with E-state index < -0.39 is 0 Å². The van der Waals surface area contributed by atoms with Crippen LogP contribution in [0.2, 0.25) is 0 Å². The van der Waals surface area contributed by atoms with Gasteiger partial charge in [0.2, 0.25) is 0 Å². The summed E-state index contributed by atoms with van der Waals surface area (Å²) in [4.78, 5) is 9.52. The van der Waals surface area contributed by atoms with Crippen molar-refractivity contribution in [3.05, 3.63) is 17.6 Å². The predicted molar refractivity (Wildman–Crippen MR) is 80.6 cm³/mol. The molecule has 2 rings (SSSR count). The zero-order valence-corrected chi connectivity index (χ0v) is 12.4. The van der Waals surface area contributed by atoms with Gasteiger partial charge in [-0.05, 0) is 19.3 Å². The van der Waals surface area contributed by atoms with E-state index in [1.807, 2.05) is 7.05 Å². The standard InChI is InChI=1S/C16H27N3/c1-3-9-14-12-15(17-2)19-16(18-14)13-10-7-5-4-6-8-11-13/h12-13H,3-11H2,1-2H3,(H,17,18,19). The molecule has 19 heavy (non-hydrogen) atoms. The molecule has 0 bridgehead atoms. The monoisotopic (exact) mass is 261 g/mol. The quantitative estimate of drug-likeness (QED) is 0.878. The Morgan fingerprint density at radius 2 is 1.79 bits per heavy atom. The van der Waals surface area contributed by atoms with Crippen LogP contribution in [0.5, 0.6) is 0 Å². The summed E-state index contributed by atoms with van der Waals surface area (Å²) in [5.74, 6) is 2.64. The number of hydrogen-bond acceptors (Lipinski definition) is 3. The average molecular weight is 261 g/mol. The molecular weight excluding hydrogens is 234 g/mol. The van der Waals surface area contributed by atoms with E-state index in [1.54, 1.807) is 0 Å². The van der Waals surface area contributed by atoms with Crippen molar-refractivity contribution in [3.63, 3.8) is 0 Å². The third kappa shape index (κ3) is 4.19. The molecule has 1 heterocycles. The number of nitrogens with zero attached hydrogens (tertiary/aromatic N) is 2. The number of aryl methyl sites for hydroxylation is 1. The first-order valence-electron chi connectivity index (χ1n) is 7.89. The van der Waals surface area contributed by atoms with Gasteiger partial charge in [0, 0.05) is 24.7 Å². The third-order valence-electron chi connectivity index (χ3n) is 4.03. The van der Waals surface area contributed by atoms with Crippen molar-refractivity contribution in [1.82, 2.24) is 9.97 Å². The third-order valence-corrected chi connectivity index (χ3v) is 4.03. The van der Waals surface area contributed by atoms with Gasteiger partial charge in [-0.3, -0.25) is 0 Å². The smallest absolute Gasteiger partial charge is 0.134 e. The zero-order valence-electron chi connectivity index (χ0n) is 12.4. The second kappa shape index (κ2) is 7.46. The molecule has 1 fully saturated rings. The van der Waals surface area contributed by atoms with Crippen molar-refractivity contribution in [3.8, 4) is 0 Å². The van der Waals surface area contributed by atoms with Crippen LogP contribution >= 0.6 is 0 Å². The molecule has 0 unspecified atom stereocenters. The summed E-state index contributed by atoms with van der Waals surface area (Å²) >= 11 is 0. The highest BCUT2D eigenvalue weighted by Gasteiger charge is 2.17. The molecule has 1 aliphatic rings. The summed E-state index contributed by atoms with van der Waals surface area (Å²) in [5.41, 5.74) is 1.19. The topological polar surface area (TPSA) is 37.8 Å². The number of rotatable bonds is 4. The van der Waals surface area contributed by atoms with Gasteiger partial charge in [-0.25, -0.2) is 9.97 Å². The van der Waals surface area contributed by atoms with Gasteiger partial charge in [-0.1, -0.05) is 45.4 Å². The van der Waals surface area contributed by atoms with E-state index in [0.29, 0.717) is 5.92 Å². The van der Waals surface area contributed by atoms with E-state index in [1.165, 1.54) is 50.6 Å². The molecule has 3 heteroatoms. The lowest BCUT2D eigenvalue weighted by Gasteiger charge is -2.19. The van der Waals surface area contributed by atoms with Crippen LogP contribution in [0.15, 0.2) is 6.07 Å². The number of nitrogens with one attached hydrogen (secondary N) is 1. The highest BCUT2D eigenvalue weighted by Crippen LogP contribution is 2.29. The van der Waals surface area contributed by atoms with E-state index in [-0.39, 0.29) is 0 Å². The summed E-state index contributed by atoms with van der Waals surface area (Å²) < 4.78 is 0. The normalized spacial score (nSPS) is 17.8. The molecular formula is C16H27N3. The molecule has 1 aliphatic carbocycles. The predicted octanol–water partition coefficient (Wildman–Crippen LogP) is 4.30. The van der Waals surface area contributed by atoms with Crippen molar-refractivity contribution in [1.29, 1.82) is 0 Å². The molecule has 0 radical (unpaired) electrons. The van der Waals surface area contributed by atoms with Gasteiger partial charge in [0.1, 0.15) is 11.6 Å². The highest BCUT2D eigenvalue weighted by atomic mass is 15.0. The summed E-state index contributed by atoms with van der Waals surface area (Å²) in [6.45, 7) is 2.21. The van der Waals surface area contributed by atoms with Crippen molar-refractivity contribution in [2.24, 2.45) is 0 Å². The van der Waals surface area contributed by atoms with Gasteiger partial charge in [-0.2, -0.15) is 0 Å². The minimum absolute atomic E-state index is 0.573.